The zero-order valence-electron chi connectivity index (χ0n) is 11.2. The molecule has 0 aromatic heterocycles. The Morgan fingerprint density at radius 2 is 1.83 bits per heavy atom. The molecule has 1 aliphatic heterocycles. The average molecular weight is 245 g/mol. The van der Waals surface area contributed by atoms with Crippen LogP contribution < -0.4 is 10.1 Å². The third-order valence-corrected chi connectivity index (χ3v) is 4.56. The molecular formula is C16H23NO. The van der Waals surface area contributed by atoms with Crippen molar-refractivity contribution in [1.29, 1.82) is 0 Å². The fraction of sp³-hybridized carbons (Fsp3) is 0.625. The van der Waals surface area contributed by atoms with Crippen LogP contribution in [0.4, 0.5) is 0 Å². The Balaban J connectivity index is 1.92. The standard InChI is InChI=1S/C16H23NO/c1-17-14-12-16(10-6-2-3-7-11-16)18-15-9-5-4-8-13(14)15/h4-5,8-9,14,17H,2-3,6-7,10-12H2,1H3. The number of hydrogen-bond acceptors (Lipinski definition) is 2. The van der Waals surface area contributed by atoms with E-state index >= 15 is 0 Å². The van der Waals surface area contributed by atoms with Crippen molar-refractivity contribution in [2.24, 2.45) is 0 Å². The van der Waals surface area contributed by atoms with Crippen LogP contribution in [0, 0.1) is 0 Å². The van der Waals surface area contributed by atoms with Gasteiger partial charge < -0.3 is 10.1 Å². The Morgan fingerprint density at radius 1 is 1.11 bits per heavy atom. The van der Waals surface area contributed by atoms with E-state index in [1.54, 1.807) is 0 Å². The first kappa shape index (κ1) is 12.0. The Kier molecular flexibility index (Phi) is 3.29. The predicted octanol–water partition coefficient (Wildman–Crippen LogP) is 3.82. The van der Waals surface area contributed by atoms with E-state index in [0.29, 0.717) is 6.04 Å². The van der Waals surface area contributed by atoms with Gasteiger partial charge in [-0.3, -0.25) is 0 Å². The summed E-state index contributed by atoms with van der Waals surface area (Å²) in [6, 6.07) is 8.97. The lowest BCUT2D eigenvalue weighted by Gasteiger charge is -2.42. The molecule has 2 aliphatic rings. The molecule has 1 aromatic carbocycles. The summed E-state index contributed by atoms with van der Waals surface area (Å²) in [6.07, 6.45) is 8.95. The fourth-order valence-corrected chi connectivity index (χ4v) is 3.55. The normalized spacial score (nSPS) is 26.2. The van der Waals surface area contributed by atoms with Gasteiger partial charge in [0.25, 0.3) is 0 Å². The highest BCUT2D eigenvalue weighted by atomic mass is 16.5. The van der Waals surface area contributed by atoms with E-state index in [2.05, 4.69) is 36.6 Å². The number of fused-ring (bicyclic) bond motifs is 1. The number of ether oxygens (including phenoxy) is 1. The molecule has 1 N–H and O–H groups in total. The van der Waals surface area contributed by atoms with Gasteiger partial charge in [0.1, 0.15) is 11.4 Å². The summed E-state index contributed by atoms with van der Waals surface area (Å²) in [5.74, 6) is 1.10. The Morgan fingerprint density at radius 3 is 2.56 bits per heavy atom. The van der Waals surface area contributed by atoms with Crippen molar-refractivity contribution >= 4 is 0 Å². The monoisotopic (exact) mass is 245 g/mol. The Bertz CT molecular complexity index is 407. The number of nitrogens with one attached hydrogen (secondary N) is 1. The van der Waals surface area contributed by atoms with Gasteiger partial charge in [-0.2, -0.15) is 0 Å². The van der Waals surface area contributed by atoms with Crippen LogP contribution in [0.25, 0.3) is 0 Å². The van der Waals surface area contributed by atoms with Crippen LogP contribution in [0.2, 0.25) is 0 Å². The van der Waals surface area contributed by atoms with Gasteiger partial charge in [-0.05, 0) is 38.8 Å². The van der Waals surface area contributed by atoms with Gasteiger partial charge in [-0.15, -0.1) is 0 Å². The van der Waals surface area contributed by atoms with E-state index in [0.717, 1.165) is 12.2 Å². The molecule has 98 valence electrons. The van der Waals surface area contributed by atoms with Gasteiger partial charge >= 0.3 is 0 Å². The van der Waals surface area contributed by atoms with Crippen molar-refractivity contribution in [3.8, 4) is 5.75 Å². The number of rotatable bonds is 1. The fourth-order valence-electron chi connectivity index (χ4n) is 3.55. The van der Waals surface area contributed by atoms with Crippen LogP contribution in [0.15, 0.2) is 24.3 Å². The van der Waals surface area contributed by atoms with Crippen molar-refractivity contribution in [3.63, 3.8) is 0 Å². The van der Waals surface area contributed by atoms with Gasteiger partial charge in [-0.25, -0.2) is 0 Å². The van der Waals surface area contributed by atoms with E-state index in [9.17, 15) is 0 Å². The maximum absolute atomic E-state index is 6.43. The molecule has 18 heavy (non-hydrogen) atoms. The van der Waals surface area contributed by atoms with Gasteiger partial charge in [0, 0.05) is 18.0 Å². The quantitative estimate of drug-likeness (QED) is 0.812. The van der Waals surface area contributed by atoms with Crippen molar-refractivity contribution in [2.45, 2.75) is 56.6 Å². The minimum atomic E-state index is 0.0958. The first-order chi connectivity index (χ1) is 8.83. The second-order valence-electron chi connectivity index (χ2n) is 5.78. The molecule has 3 rings (SSSR count). The van der Waals surface area contributed by atoms with Crippen LogP contribution >= 0.6 is 0 Å². The second kappa shape index (κ2) is 4.93. The molecule has 0 bridgehead atoms. The van der Waals surface area contributed by atoms with Gasteiger partial charge in [0.15, 0.2) is 0 Å². The maximum Gasteiger partial charge on any atom is 0.124 e. The van der Waals surface area contributed by atoms with Crippen LogP contribution in [-0.2, 0) is 0 Å². The highest BCUT2D eigenvalue weighted by molar-refractivity contribution is 5.39. The Hall–Kier alpha value is -1.02. The summed E-state index contributed by atoms with van der Waals surface area (Å²) in [7, 11) is 2.07. The predicted molar refractivity (Wildman–Crippen MR) is 73.9 cm³/mol. The summed E-state index contributed by atoms with van der Waals surface area (Å²) >= 11 is 0. The minimum Gasteiger partial charge on any atom is -0.487 e. The molecule has 0 amide bonds. The summed E-state index contributed by atoms with van der Waals surface area (Å²) in [5.41, 5.74) is 1.42. The zero-order valence-corrected chi connectivity index (χ0v) is 11.2. The summed E-state index contributed by atoms with van der Waals surface area (Å²) in [5, 5.41) is 3.47. The molecule has 1 heterocycles. The van der Waals surface area contributed by atoms with Crippen LogP contribution in [0.3, 0.4) is 0 Å². The first-order valence-corrected chi connectivity index (χ1v) is 7.28. The van der Waals surface area contributed by atoms with Crippen molar-refractivity contribution in [1.82, 2.24) is 5.32 Å². The average Bonchev–Trinajstić information content (AvgIpc) is 2.63. The van der Waals surface area contributed by atoms with E-state index in [-0.39, 0.29) is 5.60 Å². The first-order valence-electron chi connectivity index (χ1n) is 7.28. The molecule has 2 nitrogen and oxygen atoms in total. The van der Waals surface area contributed by atoms with Crippen molar-refractivity contribution in [3.05, 3.63) is 29.8 Å². The van der Waals surface area contributed by atoms with Gasteiger partial charge in [0.05, 0.1) is 0 Å². The van der Waals surface area contributed by atoms with E-state index in [1.165, 1.54) is 44.1 Å². The SMILES string of the molecule is CNC1CC2(CCCCCC2)Oc2ccccc21. The lowest BCUT2D eigenvalue weighted by atomic mass is 9.82. The molecule has 0 saturated heterocycles. The van der Waals surface area contributed by atoms with E-state index in [4.69, 9.17) is 4.74 Å². The summed E-state index contributed by atoms with van der Waals surface area (Å²) in [6.45, 7) is 0. The van der Waals surface area contributed by atoms with Crippen LogP contribution in [-0.4, -0.2) is 12.6 Å². The number of benzene rings is 1. The van der Waals surface area contributed by atoms with Crippen molar-refractivity contribution < 1.29 is 4.74 Å². The van der Waals surface area contributed by atoms with Crippen LogP contribution in [0.1, 0.15) is 56.6 Å². The van der Waals surface area contributed by atoms with Crippen molar-refractivity contribution in [2.75, 3.05) is 7.05 Å². The molecule has 1 unspecified atom stereocenters. The molecular weight excluding hydrogens is 222 g/mol. The molecule has 1 aromatic rings. The highest BCUT2D eigenvalue weighted by Crippen LogP contribution is 2.45. The highest BCUT2D eigenvalue weighted by Gasteiger charge is 2.40. The zero-order chi connectivity index (χ0) is 12.4. The number of para-hydroxylation sites is 1. The smallest absolute Gasteiger partial charge is 0.124 e. The Labute approximate surface area is 110 Å². The maximum atomic E-state index is 6.43. The molecule has 1 saturated carbocycles. The van der Waals surface area contributed by atoms with Gasteiger partial charge in [-0.1, -0.05) is 31.0 Å². The van der Waals surface area contributed by atoms with E-state index < -0.39 is 0 Å². The molecule has 2 heteroatoms. The van der Waals surface area contributed by atoms with Crippen LogP contribution in [0.5, 0.6) is 5.75 Å². The lowest BCUT2D eigenvalue weighted by molar-refractivity contribution is 0.0172. The minimum absolute atomic E-state index is 0.0958. The van der Waals surface area contributed by atoms with Gasteiger partial charge in [0.2, 0.25) is 0 Å². The third kappa shape index (κ3) is 2.14. The second-order valence-corrected chi connectivity index (χ2v) is 5.78. The topological polar surface area (TPSA) is 21.3 Å². The molecule has 1 aliphatic carbocycles. The lowest BCUT2D eigenvalue weighted by Crippen LogP contribution is -2.43. The van der Waals surface area contributed by atoms with E-state index in [1.807, 2.05) is 0 Å². The molecule has 1 spiro atoms. The molecule has 0 radical (unpaired) electrons. The summed E-state index contributed by atoms with van der Waals surface area (Å²) < 4.78 is 6.43. The summed E-state index contributed by atoms with van der Waals surface area (Å²) in [4.78, 5) is 0. The third-order valence-electron chi connectivity index (χ3n) is 4.56. The molecule has 1 atom stereocenters. The number of hydrogen-bond donors (Lipinski definition) is 1. The largest absolute Gasteiger partial charge is 0.487 e. The molecule has 1 fully saturated rings.